The fourth-order valence-electron chi connectivity index (χ4n) is 2.29. The van der Waals surface area contributed by atoms with Crippen molar-refractivity contribution in [2.75, 3.05) is 32.7 Å². The highest BCUT2D eigenvalue weighted by molar-refractivity contribution is 5.76. The molecular formula is C17H22N2O8. The lowest BCUT2D eigenvalue weighted by Crippen LogP contribution is -2.40. The molecule has 0 saturated heterocycles. The van der Waals surface area contributed by atoms with Crippen molar-refractivity contribution in [3.8, 4) is 0 Å². The van der Waals surface area contributed by atoms with E-state index in [0.29, 0.717) is 0 Å². The Hall–Kier alpha value is -3.14. The van der Waals surface area contributed by atoms with Crippen LogP contribution in [-0.2, 0) is 25.7 Å². The van der Waals surface area contributed by atoms with Gasteiger partial charge in [-0.15, -0.1) is 0 Å². The molecule has 1 rings (SSSR count). The average molecular weight is 382 g/mol. The summed E-state index contributed by atoms with van der Waals surface area (Å²) < 4.78 is 5.10. The number of nitrogens with zero attached hydrogens (tertiary/aromatic N) is 2. The lowest BCUT2D eigenvalue weighted by molar-refractivity contribution is -0.142. The Labute approximate surface area is 155 Å². The van der Waals surface area contributed by atoms with Crippen molar-refractivity contribution in [2.45, 2.75) is 13.0 Å². The largest absolute Gasteiger partial charge is 0.480 e. The average Bonchev–Trinajstić information content (AvgIpc) is 2.58. The fraction of sp³-hybridized carbons (Fsp3) is 0.412. The monoisotopic (exact) mass is 382 g/mol. The molecule has 10 heteroatoms. The van der Waals surface area contributed by atoms with E-state index >= 15 is 0 Å². The molecule has 0 atom stereocenters. The zero-order valence-corrected chi connectivity index (χ0v) is 14.6. The highest BCUT2D eigenvalue weighted by atomic mass is 16.6. The van der Waals surface area contributed by atoms with E-state index in [1.54, 1.807) is 24.3 Å². The van der Waals surface area contributed by atoms with Crippen LogP contribution in [0, 0.1) is 0 Å². The Morgan fingerprint density at radius 3 is 1.89 bits per heavy atom. The van der Waals surface area contributed by atoms with Crippen LogP contribution >= 0.6 is 0 Å². The third-order valence-electron chi connectivity index (χ3n) is 3.41. The first kappa shape index (κ1) is 21.9. The molecule has 0 fully saturated rings. The number of carboxylic acids is 3. The van der Waals surface area contributed by atoms with Gasteiger partial charge in [0.05, 0.1) is 13.1 Å². The summed E-state index contributed by atoms with van der Waals surface area (Å²) in [6.45, 7) is -1.48. The van der Waals surface area contributed by atoms with Crippen LogP contribution in [-0.4, -0.2) is 81.8 Å². The molecule has 0 aliphatic heterocycles. The number of carbonyl (C=O) groups is 4. The second-order valence-electron chi connectivity index (χ2n) is 5.71. The normalized spacial score (nSPS) is 10.4. The molecule has 0 unspecified atom stereocenters. The highest BCUT2D eigenvalue weighted by Crippen LogP contribution is 2.05. The minimum absolute atomic E-state index is 0.0139. The van der Waals surface area contributed by atoms with Crippen LogP contribution in [0.15, 0.2) is 30.3 Å². The van der Waals surface area contributed by atoms with Gasteiger partial charge in [-0.25, -0.2) is 4.79 Å². The smallest absolute Gasteiger partial charge is 0.410 e. The molecule has 0 radical (unpaired) electrons. The van der Waals surface area contributed by atoms with E-state index in [2.05, 4.69) is 0 Å². The Kier molecular flexibility index (Phi) is 9.30. The fourth-order valence-corrected chi connectivity index (χ4v) is 2.29. The van der Waals surface area contributed by atoms with Crippen LogP contribution in [0.5, 0.6) is 0 Å². The number of hydrogen-bond donors (Lipinski definition) is 3. The summed E-state index contributed by atoms with van der Waals surface area (Å²) in [6.07, 6.45) is -0.627. The van der Waals surface area contributed by atoms with Gasteiger partial charge in [0.1, 0.15) is 13.2 Å². The zero-order valence-electron chi connectivity index (χ0n) is 14.6. The molecule has 0 bridgehead atoms. The summed E-state index contributed by atoms with van der Waals surface area (Å²) in [4.78, 5) is 46.8. The molecule has 0 aromatic heterocycles. The number of hydrogen-bond acceptors (Lipinski definition) is 6. The number of aliphatic carboxylic acids is 3. The maximum absolute atomic E-state index is 12.1. The van der Waals surface area contributed by atoms with Gasteiger partial charge in [-0.1, -0.05) is 30.3 Å². The summed E-state index contributed by atoms with van der Waals surface area (Å²) >= 11 is 0. The molecule has 27 heavy (non-hydrogen) atoms. The first-order valence-electron chi connectivity index (χ1n) is 8.11. The Morgan fingerprint density at radius 2 is 1.37 bits per heavy atom. The number of rotatable bonds is 12. The first-order valence-corrected chi connectivity index (χ1v) is 8.11. The number of benzene rings is 1. The predicted octanol–water partition coefficient (Wildman–Crippen LogP) is 0.571. The van der Waals surface area contributed by atoms with Crippen LogP contribution in [0.1, 0.15) is 12.0 Å². The van der Waals surface area contributed by atoms with Crippen LogP contribution in [0.25, 0.3) is 0 Å². The molecule has 1 amide bonds. The van der Waals surface area contributed by atoms with Gasteiger partial charge in [0.15, 0.2) is 0 Å². The molecule has 0 spiro atoms. The highest BCUT2D eigenvalue weighted by Gasteiger charge is 2.19. The second-order valence-corrected chi connectivity index (χ2v) is 5.71. The van der Waals surface area contributed by atoms with Gasteiger partial charge in [0.2, 0.25) is 0 Å². The van der Waals surface area contributed by atoms with E-state index in [-0.39, 0.29) is 26.1 Å². The lowest BCUT2D eigenvalue weighted by Gasteiger charge is -2.23. The molecule has 0 heterocycles. The SMILES string of the molecule is O=C(O)CN(CCCN(CC(=O)O)C(=O)OCc1ccccc1)CC(=O)O. The molecular weight excluding hydrogens is 360 g/mol. The number of amides is 1. The van der Waals surface area contributed by atoms with Gasteiger partial charge in [0, 0.05) is 13.1 Å². The van der Waals surface area contributed by atoms with Crippen molar-refractivity contribution in [3.05, 3.63) is 35.9 Å². The van der Waals surface area contributed by atoms with Crippen molar-refractivity contribution in [3.63, 3.8) is 0 Å². The van der Waals surface area contributed by atoms with Crippen molar-refractivity contribution in [1.29, 1.82) is 0 Å². The predicted molar refractivity (Wildman–Crippen MR) is 92.2 cm³/mol. The van der Waals surface area contributed by atoms with Crippen LogP contribution in [0.4, 0.5) is 4.79 Å². The van der Waals surface area contributed by atoms with Crippen molar-refractivity contribution >= 4 is 24.0 Å². The molecule has 3 N–H and O–H groups in total. The third-order valence-corrected chi connectivity index (χ3v) is 3.41. The first-order chi connectivity index (χ1) is 12.8. The van der Waals surface area contributed by atoms with Crippen LogP contribution in [0.2, 0.25) is 0 Å². The van der Waals surface area contributed by atoms with E-state index in [0.717, 1.165) is 10.5 Å². The van der Waals surface area contributed by atoms with E-state index in [9.17, 15) is 19.2 Å². The Morgan fingerprint density at radius 1 is 0.815 bits per heavy atom. The van der Waals surface area contributed by atoms with Crippen molar-refractivity contribution in [1.82, 2.24) is 9.80 Å². The van der Waals surface area contributed by atoms with Crippen LogP contribution < -0.4 is 0 Å². The van der Waals surface area contributed by atoms with Crippen LogP contribution in [0.3, 0.4) is 0 Å². The van der Waals surface area contributed by atoms with Gasteiger partial charge in [0.25, 0.3) is 0 Å². The minimum atomic E-state index is -1.22. The van der Waals surface area contributed by atoms with Crippen molar-refractivity contribution < 1.29 is 39.2 Å². The van der Waals surface area contributed by atoms with E-state index in [1.165, 1.54) is 4.90 Å². The van der Waals surface area contributed by atoms with E-state index in [4.69, 9.17) is 20.1 Å². The van der Waals surface area contributed by atoms with Gasteiger partial charge in [-0.05, 0) is 12.0 Å². The topological polar surface area (TPSA) is 145 Å². The molecule has 148 valence electrons. The molecule has 0 aliphatic rings. The summed E-state index contributed by atoms with van der Waals surface area (Å²) in [6, 6.07) is 8.87. The molecule has 0 aliphatic carbocycles. The summed E-state index contributed by atoms with van der Waals surface area (Å²) in [7, 11) is 0. The standard InChI is InChI=1S/C17H22N2O8/c20-14(21)9-18(10-15(22)23)7-4-8-19(11-16(24)25)17(26)27-12-13-5-2-1-3-6-13/h1-3,5-6H,4,7-12H2,(H,20,21)(H,22,23)(H,24,25). The van der Waals surface area contributed by atoms with Gasteiger partial charge in [-0.2, -0.15) is 0 Å². The van der Waals surface area contributed by atoms with Crippen molar-refractivity contribution in [2.24, 2.45) is 0 Å². The molecule has 10 nitrogen and oxygen atoms in total. The quantitative estimate of drug-likeness (QED) is 0.472. The summed E-state index contributed by atoms with van der Waals surface area (Å²) in [5, 5.41) is 26.5. The second kappa shape index (κ2) is 11.5. The van der Waals surface area contributed by atoms with Gasteiger partial charge in [-0.3, -0.25) is 24.2 Å². The Balaban J connectivity index is 2.56. The minimum Gasteiger partial charge on any atom is -0.480 e. The lowest BCUT2D eigenvalue weighted by atomic mass is 10.2. The zero-order chi connectivity index (χ0) is 20.2. The van der Waals surface area contributed by atoms with Gasteiger partial charge >= 0.3 is 24.0 Å². The van der Waals surface area contributed by atoms with E-state index < -0.39 is 43.6 Å². The summed E-state index contributed by atoms with van der Waals surface area (Å²) in [5.74, 6) is -3.58. The molecule has 1 aromatic carbocycles. The maximum Gasteiger partial charge on any atom is 0.410 e. The number of ether oxygens (including phenoxy) is 1. The number of carboxylic acid groups (broad SMARTS) is 3. The van der Waals surface area contributed by atoms with Gasteiger partial charge < -0.3 is 20.1 Å². The van der Waals surface area contributed by atoms with E-state index in [1.807, 2.05) is 6.07 Å². The maximum atomic E-state index is 12.1. The number of carbonyl (C=O) groups excluding carboxylic acids is 1. The third kappa shape index (κ3) is 9.80. The molecule has 1 aromatic rings. The molecule has 0 saturated carbocycles. The summed E-state index contributed by atoms with van der Waals surface area (Å²) in [5.41, 5.74) is 0.746. The Bertz CT molecular complexity index is 634.